The highest BCUT2D eigenvalue weighted by molar-refractivity contribution is 6.35. The molecule has 0 atom stereocenters. The number of nitrogens with zero attached hydrogens (tertiary/aromatic N) is 3. The third kappa shape index (κ3) is 2.20. The molecule has 2 N–H and O–H groups in total. The molecule has 0 aliphatic carbocycles. The molecule has 0 aromatic carbocycles. The van der Waals surface area contributed by atoms with E-state index in [2.05, 4.69) is 5.16 Å². The van der Waals surface area contributed by atoms with Crippen molar-refractivity contribution in [3.63, 3.8) is 0 Å². The molecule has 0 aromatic heterocycles. The Morgan fingerprint density at radius 1 is 1.73 bits per heavy atom. The molecule has 0 saturated carbocycles. The van der Waals surface area contributed by atoms with Crippen molar-refractivity contribution in [2.45, 2.75) is 0 Å². The van der Waals surface area contributed by atoms with Gasteiger partial charge in [0.05, 0.1) is 0 Å². The Labute approximate surface area is 62.6 Å². The van der Waals surface area contributed by atoms with E-state index in [4.69, 9.17) is 10.6 Å². The highest BCUT2D eigenvalue weighted by Gasteiger charge is 2.21. The SMILES string of the molecule is CN(C)C(=N)/C(=N/O)[N+](=O)[O-]. The maximum atomic E-state index is 10.0. The summed E-state index contributed by atoms with van der Waals surface area (Å²) in [6.45, 7) is 0. The second kappa shape index (κ2) is 3.49. The summed E-state index contributed by atoms with van der Waals surface area (Å²) in [4.78, 5) is 10.3. The van der Waals surface area contributed by atoms with Gasteiger partial charge in [0.15, 0.2) is 5.16 Å². The largest absolute Gasteiger partial charge is 0.451 e. The van der Waals surface area contributed by atoms with Crippen LogP contribution in [0, 0.1) is 15.5 Å². The summed E-state index contributed by atoms with van der Waals surface area (Å²) in [5.74, 6) is -1.31. The van der Waals surface area contributed by atoms with Crippen LogP contribution in [0.2, 0.25) is 0 Å². The van der Waals surface area contributed by atoms with E-state index in [1.54, 1.807) is 0 Å². The van der Waals surface area contributed by atoms with E-state index in [1.807, 2.05) is 0 Å². The summed E-state index contributed by atoms with van der Waals surface area (Å²) in [5.41, 5.74) is 0. The number of rotatable bonds is 0. The highest BCUT2D eigenvalue weighted by Crippen LogP contribution is 1.86. The van der Waals surface area contributed by atoms with Crippen molar-refractivity contribution >= 4 is 11.7 Å². The number of likely N-dealkylation sites (N-methyl/N-ethyl adjacent to an activating group) is 1. The van der Waals surface area contributed by atoms with Gasteiger partial charge in [0.2, 0.25) is 5.84 Å². The van der Waals surface area contributed by atoms with Gasteiger partial charge in [0.25, 0.3) is 0 Å². The summed E-state index contributed by atoms with van der Waals surface area (Å²) >= 11 is 0. The van der Waals surface area contributed by atoms with Crippen LogP contribution in [0.1, 0.15) is 0 Å². The Bertz CT molecular complexity index is 209. The summed E-state index contributed by atoms with van der Waals surface area (Å²) < 4.78 is 0. The summed E-state index contributed by atoms with van der Waals surface area (Å²) in [5, 5.41) is 27.5. The van der Waals surface area contributed by atoms with Crippen molar-refractivity contribution in [1.29, 1.82) is 5.41 Å². The monoisotopic (exact) mass is 160 g/mol. The van der Waals surface area contributed by atoms with Crippen LogP contribution in [-0.4, -0.2) is 40.8 Å². The predicted octanol–water partition coefficient (Wildman–Crippen LogP) is -0.410. The van der Waals surface area contributed by atoms with Crippen molar-refractivity contribution in [3.05, 3.63) is 10.1 Å². The Hall–Kier alpha value is -1.66. The first-order chi connectivity index (χ1) is 5.00. The molecule has 0 amide bonds. The lowest BCUT2D eigenvalue weighted by molar-refractivity contribution is -0.348. The average molecular weight is 160 g/mol. The van der Waals surface area contributed by atoms with E-state index in [-0.39, 0.29) is 0 Å². The van der Waals surface area contributed by atoms with Crippen LogP contribution in [0.25, 0.3) is 0 Å². The number of hydrogen-bond donors (Lipinski definition) is 2. The lowest BCUT2D eigenvalue weighted by atomic mass is 10.5. The lowest BCUT2D eigenvalue weighted by Crippen LogP contribution is -2.34. The molecule has 0 aliphatic heterocycles. The summed E-state index contributed by atoms with van der Waals surface area (Å²) in [6.07, 6.45) is 0. The molecule has 62 valence electrons. The molecule has 0 aliphatic rings. The Kier molecular flexibility index (Phi) is 2.97. The second-order valence-corrected chi connectivity index (χ2v) is 1.92. The second-order valence-electron chi connectivity index (χ2n) is 1.92. The van der Waals surface area contributed by atoms with E-state index in [9.17, 15) is 10.1 Å². The van der Waals surface area contributed by atoms with Crippen LogP contribution in [0.3, 0.4) is 0 Å². The van der Waals surface area contributed by atoms with Crippen molar-refractivity contribution in [2.75, 3.05) is 14.1 Å². The third-order valence-electron chi connectivity index (χ3n) is 0.927. The molecular weight excluding hydrogens is 152 g/mol. The van der Waals surface area contributed by atoms with E-state index < -0.39 is 16.6 Å². The zero-order valence-electron chi connectivity index (χ0n) is 6.11. The van der Waals surface area contributed by atoms with Gasteiger partial charge in [0, 0.05) is 14.1 Å². The fourth-order valence-electron chi connectivity index (χ4n) is 0.370. The molecule has 0 spiro atoms. The standard InChI is InChI=1S/C4H8N4O3/c1-7(2)3(5)4(6-9)8(10)11/h5,9H,1-2H3/b5-3?,6-4-. The zero-order chi connectivity index (χ0) is 9.02. The maximum absolute atomic E-state index is 10.0. The van der Waals surface area contributed by atoms with E-state index in [1.165, 1.54) is 14.1 Å². The molecule has 0 fully saturated rings. The molecule has 7 heteroatoms. The Balaban J connectivity index is 4.55. The van der Waals surface area contributed by atoms with Gasteiger partial charge in [-0.1, -0.05) is 0 Å². The van der Waals surface area contributed by atoms with E-state index in [0.29, 0.717) is 0 Å². The number of oxime groups is 1. The minimum atomic E-state index is -0.928. The highest BCUT2D eigenvalue weighted by atomic mass is 16.6. The van der Waals surface area contributed by atoms with Crippen molar-refractivity contribution in [2.24, 2.45) is 5.16 Å². The van der Waals surface area contributed by atoms with Crippen molar-refractivity contribution in [3.8, 4) is 0 Å². The van der Waals surface area contributed by atoms with Crippen LogP contribution >= 0.6 is 0 Å². The van der Waals surface area contributed by atoms with Crippen molar-refractivity contribution < 1.29 is 10.1 Å². The maximum Gasteiger partial charge on any atom is 0.451 e. The van der Waals surface area contributed by atoms with Crippen LogP contribution < -0.4 is 0 Å². The normalized spacial score (nSPS) is 10.9. The fraction of sp³-hybridized carbons (Fsp3) is 0.500. The minimum absolute atomic E-state index is 0.447. The zero-order valence-corrected chi connectivity index (χ0v) is 6.11. The van der Waals surface area contributed by atoms with Gasteiger partial charge in [-0.3, -0.25) is 5.41 Å². The van der Waals surface area contributed by atoms with Gasteiger partial charge in [-0.25, -0.2) is 0 Å². The van der Waals surface area contributed by atoms with Gasteiger partial charge in [-0.05, 0) is 4.92 Å². The Morgan fingerprint density at radius 2 is 2.18 bits per heavy atom. The molecule has 0 unspecified atom stereocenters. The molecule has 0 heterocycles. The number of nitrogens with one attached hydrogen (secondary N) is 1. The molecule has 7 nitrogen and oxygen atoms in total. The van der Waals surface area contributed by atoms with Crippen LogP contribution in [0.4, 0.5) is 0 Å². The molecule has 0 radical (unpaired) electrons. The quantitative estimate of drug-likeness (QED) is 0.165. The molecule has 11 heavy (non-hydrogen) atoms. The molecular formula is C4H8N4O3. The number of amidine groups is 2. The van der Waals surface area contributed by atoms with Gasteiger partial charge >= 0.3 is 5.84 Å². The topological polar surface area (TPSA) is 103 Å². The predicted molar refractivity (Wildman–Crippen MR) is 37.6 cm³/mol. The van der Waals surface area contributed by atoms with Crippen LogP contribution in [-0.2, 0) is 0 Å². The minimum Gasteiger partial charge on any atom is -0.358 e. The fourth-order valence-corrected chi connectivity index (χ4v) is 0.370. The van der Waals surface area contributed by atoms with Crippen molar-refractivity contribution in [1.82, 2.24) is 4.90 Å². The first-order valence-electron chi connectivity index (χ1n) is 2.63. The lowest BCUT2D eigenvalue weighted by Gasteiger charge is -2.08. The molecule has 0 saturated heterocycles. The average Bonchev–Trinajstić information content (AvgIpc) is 1.88. The summed E-state index contributed by atoms with van der Waals surface area (Å²) in [6, 6.07) is 0. The Morgan fingerprint density at radius 3 is 2.27 bits per heavy atom. The van der Waals surface area contributed by atoms with Gasteiger partial charge in [0.1, 0.15) is 0 Å². The number of nitro groups is 1. The smallest absolute Gasteiger partial charge is 0.358 e. The first kappa shape index (κ1) is 9.34. The van der Waals surface area contributed by atoms with E-state index >= 15 is 0 Å². The molecule has 0 aromatic rings. The molecule has 0 bridgehead atoms. The first-order valence-corrected chi connectivity index (χ1v) is 2.63. The van der Waals surface area contributed by atoms with E-state index in [0.717, 1.165) is 4.90 Å². The summed E-state index contributed by atoms with van der Waals surface area (Å²) in [7, 11) is 2.88. The van der Waals surface area contributed by atoms with Gasteiger partial charge in [-0.15, -0.1) is 0 Å². The van der Waals surface area contributed by atoms with Crippen LogP contribution in [0.15, 0.2) is 5.16 Å². The van der Waals surface area contributed by atoms with Gasteiger partial charge in [-0.2, -0.15) is 0 Å². The third-order valence-corrected chi connectivity index (χ3v) is 0.927. The van der Waals surface area contributed by atoms with Crippen LogP contribution in [0.5, 0.6) is 0 Å². The number of hydrogen-bond acceptors (Lipinski definition) is 5. The van der Waals surface area contributed by atoms with Gasteiger partial charge < -0.3 is 20.2 Å². The molecule has 0 rings (SSSR count).